The molecule has 0 fully saturated rings. The molecule has 1 atom stereocenters. The number of nitrogens with zero attached hydrogens (tertiary/aromatic N) is 3. The molecule has 0 spiro atoms. The monoisotopic (exact) mass is 459 g/mol. The molecule has 0 radical (unpaired) electrons. The Bertz CT molecular complexity index is 657. The fourth-order valence-corrected chi connectivity index (χ4v) is 2.35. The maximum atomic E-state index is 13.7. The van der Waals surface area contributed by atoms with Crippen LogP contribution in [0.2, 0.25) is 0 Å². The molecule has 2 rings (SSSR count). The lowest BCUT2D eigenvalue weighted by atomic mass is 10.1. The first-order chi connectivity index (χ1) is 11.6. The van der Waals surface area contributed by atoms with Gasteiger partial charge in [-0.3, -0.25) is 4.99 Å². The number of imidazole rings is 1. The molecule has 5 nitrogen and oxygen atoms in total. The molecule has 0 saturated heterocycles. The molecule has 0 aliphatic heterocycles. The van der Waals surface area contributed by atoms with Crippen molar-refractivity contribution in [3.8, 4) is 0 Å². The number of nitrogens with one attached hydrogen (secondary N) is 2. The zero-order valence-electron chi connectivity index (χ0n) is 15.0. The Kier molecular flexibility index (Phi) is 9.48. The van der Waals surface area contributed by atoms with Crippen LogP contribution in [0.15, 0.2) is 41.9 Å². The largest absolute Gasteiger partial charge is 0.357 e. The number of aromatic nitrogens is 2. The number of aliphatic imine (C=N–C) groups is 1. The zero-order valence-corrected chi connectivity index (χ0v) is 17.3. The number of benzene rings is 1. The predicted octanol–water partition coefficient (Wildman–Crippen LogP) is 3.66. The first kappa shape index (κ1) is 21.4. The Labute approximate surface area is 166 Å². The van der Waals surface area contributed by atoms with Crippen LogP contribution in [0.25, 0.3) is 0 Å². The van der Waals surface area contributed by atoms with Gasteiger partial charge in [0, 0.05) is 32.0 Å². The highest BCUT2D eigenvalue weighted by atomic mass is 127. The number of hydrogen-bond donors (Lipinski definition) is 2. The second kappa shape index (κ2) is 11.1. The van der Waals surface area contributed by atoms with Gasteiger partial charge in [0.1, 0.15) is 5.82 Å². The Morgan fingerprint density at radius 3 is 2.84 bits per heavy atom. The molecule has 0 saturated carbocycles. The maximum absolute atomic E-state index is 13.7. The van der Waals surface area contributed by atoms with Gasteiger partial charge >= 0.3 is 0 Å². The highest BCUT2D eigenvalue weighted by Gasteiger charge is 2.09. The van der Waals surface area contributed by atoms with Crippen molar-refractivity contribution in [2.75, 3.05) is 13.1 Å². The number of halogens is 2. The molecule has 7 heteroatoms. The van der Waals surface area contributed by atoms with Gasteiger partial charge in [0.25, 0.3) is 0 Å². The van der Waals surface area contributed by atoms with Crippen LogP contribution >= 0.6 is 24.0 Å². The van der Waals surface area contributed by atoms with Crippen molar-refractivity contribution in [2.24, 2.45) is 4.99 Å². The third-order valence-corrected chi connectivity index (χ3v) is 3.80. The first-order valence-corrected chi connectivity index (χ1v) is 8.36. The van der Waals surface area contributed by atoms with Crippen LogP contribution in [-0.2, 0) is 6.54 Å². The van der Waals surface area contributed by atoms with Gasteiger partial charge in [0.05, 0.1) is 12.4 Å². The van der Waals surface area contributed by atoms with Crippen LogP contribution in [0.4, 0.5) is 4.39 Å². The van der Waals surface area contributed by atoms with Crippen molar-refractivity contribution in [2.45, 2.75) is 39.8 Å². The molecular weight excluding hydrogens is 432 g/mol. The molecule has 25 heavy (non-hydrogen) atoms. The highest BCUT2D eigenvalue weighted by Crippen LogP contribution is 2.16. The number of guanidine groups is 1. The van der Waals surface area contributed by atoms with Gasteiger partial charge in [-0.1, -0.05) is 12.1 Å². The number of aryl methyl sites for hydroxylation is 2. The Morgan fingerprint density at radius 1 is 1.40 bits per heavy atom. The fraction of sp³-hybridized carbons (Fsp3) is 0.444. The standard InChI is InChI=1S/C18H26FN5.HI/c1-4-21-18(22-8-5-10-24-11-9-20-13-24)23-15(3)16-7-6-14(2)17(19)12-16;/h6-7,9,11-13,15H,4-5,8,10H2,1-3H3,(H2,21,22,23);1H. The summed E-state index contributed by atoms with van der Waals surface area (Å²) in [6.45, 7) is 8.18. The summed E-state index contributed by atoms with van der Waals surface area (Å²) in [5.41, 5.74) is 1.56. The van der Waals surface area contributed by atoms with Crippen LogP contribution in [0.5, 0.6) is 0 Å². The van der Waals surface area contributed by atoms with Crippen LogP contribution in [-0.4, -0.2) is 28.6 Å². The van der Waals surface area contributed by atoms with Gasteiger partial charge in [-0.25, -0.2) is 9.37 Å². The van der Waals surface area contributed by atoms with Crippen LogP contribution in [0, 0.1) is 12.7 Å². The molecule has 138 valence electrons. The average molecular weight is 459 g/mol. The Morgan fingerprint density at radius 2 is 2.20 bits per heavy atom. The second-order valence-corrected chi connectivity index (χ2v) is 5.79. The minimum absolute atomic E-state index is 0. The predicted molar refractivity (Wildman–Crippen MR) is 111 cm³/mol. The minimum atomic E-state index is -0.177. The fourth-order valence-electron chi connectivity index (χ4n) is 2.35. The Hall–Kier alpha value is -1.64. The molecule has 2 N–H and O–H groups in total. The van der Waals surface area contributed by atoms with Crippen molar-refractivity contribution in [3.05, 3.63) is 53.9 Å². The van der Waals surface area contributed by atoms with E-state index in [1.807, 2.05) is 30.7 Å². The lowest BCUT2D eigenvalue weighted by molar-refractivity contribution is 0.606. The lowest BCUT2D eigenvalue weighted by Gasteiger charge is -2.18. The summed E-state index contributed by atoms with van der Waals surface area (Å²) < 4.78 is 15.8. The van der Waals surface area contributed by atoms with E-state index in [0.29, 0.717) is 12.1 Å². The van der Waals surface area contributed by atoms with E-state index >= 15 is 0 Å². The summed E-state index contributed by atoms with van der Waals surface area (Å²) in [5.74, 6) is 0.569. The van der Waals surface area contributed by atoms with E-state index in [2.05, 4.69) is 20.6 Å². The summed E-state index contributed by atoms with van der Waals surface area (Å²) in [4.78, 5) is 8.61. The van der Waals surface area contributed by atoms with Crippen molar-refractivity contribution in [1.82, 2.24) is 20.2 Å². The molecule has 0 aliphatic rings. The lowest BCUT2D eigenvalue weighted by Crippen LogP contribution is -2.38. The van der Waals surface area contributed by atoms with Gasteiger partial charge in [0.15, 0.2) is 5.96 Å². The van der Waals surface area contributed by atoms with E-state index < -0.39 is 0 Å². The summed E-state index contributed by atoms with van der Waals surface area (Å²) in [7, 11) is 0. The topological polar surface area (TPSA) is 54.2 Å². The van der Waals surface area contributed by atoms with Crippen LogP contribution in [0.3, 0.4) is 0 Å². The zero-order chi connectivity index (χ0) is 17.4. The first-order valence-electron chi connectivity index (χ1n) is 8.36. The van der Waals surface area contributed by atoms with Crippen molar-refractivity contribution < 1.29 is 4.39 Å². The van der Waals surface area contributed by atoms with E-state index in [1.54, 1.807) is 31.6 Å². The van der Waals surface area contributed by atoms with E-state index in [4.69, 9.17) is 0 Å². The van der Waals surface area contributed by atoms with E-state index in [-0.39, 0.29) is 35.8 Å². The average Bonchev–Trinajstić information content (AvgIpc) is 3.07. The van der Waals surface area contributed by atoms with Gasteiger partial charge < -0.3 is 15.2 Å². The summed E-state index contributed by atoms with van der Waals surface area (Å²) in [6.07, 6.45) is 6.46. The highest BCUT2D eigenvalue weighted by molar-refractivity contribution is 14.0. The van der Waals surface area contributed by atoms with Crippen molar-refractivity contribution in [1.29, 1.82) is 0 Å². The molecule has 0 bridgehead atoms. The second-order valence-electron chi connectivity index (χ2n) is 5.79. The molecule has 2 aromatic rings. The maximum Gasteiger partial charge on any atom is 0.191 e. The molecule has 0 aliphatic carbocycles. The molecule has 0 amide bonds. The van der Waals surface area contributed by atoms with Gasteiger partial charge in [-0.15, -0.1) is 24.0 Å². The summed E-state index contributed by atoms with van der Waals surface area (Å²) in [6, 6.07) is 5.30. The summed E-state index contributed by atoms with van der Waals surface area (Å²) >= 11 is 0. The third kappa shape index (κ3) is 7.01. The number of hydrogen-bond acceptors (Lipinski definition) is 2. The SMILES string of the molecule is CCNC(=NCCCn1ccnc1)NC(C)c1ccc(C)c(F)c1.I. The smallest absolute Gasteiger partial charge is 0.191 e. The Balaban J connectivity index is 0.00000312. The molecule has 1 unspecified atom stereocenters. The third-order valence-electron chi connectivity index (χ3n) is 3.80. The quantitative estimate of drug-likeness (QED) is 0.288. The van der Waals surface area contributed by atoms with Crippen LogP contribution in [0.1, 0.15) is 37.4 Å². The molecular formula is C18H27FIN5. The number of rotatable bonds is 7. The van der Waals surface area contributed by atoms with Gasteiger partial charge in [0.2, 0.25) is 0 Å². The van der Waals surface area contributed by atoms with E-state index in [9.17, 15) is 4.39 Å². The molecule has 1 aromatic carbocycles. The van der Waals surface area contributed by atoms with E-state index in [1.165, 1.54) is 0 Å². The normalized spacial score (nSPS) is 12.4. The molecule has 1 heterocycles. The molecule has 1 aromatic heterocycles. The van der Waals surface area contributed by atoms with Gasteiger partial charge in [-0.2, -0.15) is 0 Å². The van der Waals surface area contributed by atoms with Crippen LogP contribution < -0.4 is 10.6 Å². The van der Waals surface area contributed by atoms with Gasteiger partial charge in [-0.05, 0) is 44.4 Å². The summed E-state index contributed by atoms with van der Waals surface area (Å²) in [5, 5.41) is 6.56. The van der Waals surface area contributed by atoms with E-state index in [0.717, 1.165) is 31.0 Å². The minimum Gasteiger partial charge on any atom is -0.357 e. The van der Waals surface area contributed by atoms with Crippen molar-refractivity contribution >= 4 is 29.9 Å². The van der Waals surface area contributed by atoms with Crippen molar-refractivity contribution in [3.63, 3.8) is 0 Å².